The van der Waals surface area contributed by atoms with Gasteiger partial charge in [-0.15, -0.1) is 6.42 Å². The van der Waals surface area contributed by atoms with Crippen LogP contribution in [0.1, 0.15) is 24.0 Å². The van der Waals surface area contributed by atoms with E-state index >= 15 is 0 Å². The van der Waals surface area contributed by atoms with Gasteiger partial charge in [0, 0.05) is 11.1 Å². The lowest BCUT2D eigenvalue weighted by molar-refractivity contribution is 0.509. The molecule has 1 aromatic rings. The van der Waals surface area contributed by atoms with Gasteiger partial charge in [-0.25, -0.2) is 0 Å². The summed E-state index contributed by atoms with van der Waals surface area (Å²) in [6.07, 6.45) is 7.28. The molecule has 0 amide bonds. The highest BCUT2D eigenvalue weighted by Crippen LogP contribution is 2.34. The van der Waals surface area contributed by atoms with Crippen LogP contribution in [0.3, 0.4) is 0 Å². The van der Waals surface area contributed by atoms with Crippen molar-refractivity contribution in [3.05, 3.63) is 41.0 Å². The second kappa shape index (κ2) is 2.99. The molecule has 1 aliphatic rings. The number of hydrogen-bond donors (Lipinski definition) is 1. The summed E-state index contributed by atoms with van der Waals surface area (Å²) >= 11 is 0. The summed E-state index contributed by atoms with van der Waals surface area (Å²) < 4.78 is 0. The first-order valence-electron chi connectivity index (χ1n) is 4.29. The topological polar surface area (TPSA) is 20.2 Å². The number of hydrogen-bond acceptors (Lipinski definition) is 1. The van der Waals surface area contributed by atoms with E-state index in [1.54, 1.807) is 0 Å². The van der Waals surface area contributed by atoms with Gasteiger partial charge in [-0.1, -0.05) is 18.1 Å². The molecule has 13 heavy (non-hydrogen) atoms. The van der Waals surface area contributed by atoms with Crippen LogP contribution in [0.5, 0.6) is 0 Å². The number of rotatable bonds is 1. The van der Waals surface area contributed by atoms with Gasteiger partial charge in [-0.05, 0) is 30.5 Å². The Hall–Kier alpha value is -1.68. The Labute approximate surface area is 77.7 Å². The van der Waals surface area contributed by atoms with Gasteiger partial charge in [0.05, 0.1) is 0 Å². The van der Waals surface area contributed by atoms with Crippen molar-refractivity contribution in [2.45, 2.75) is 12.8 Å². The van der Waals surface area contributed by atoms with Crippen LogP contribution in [-0.4, -0.2) is 5.11 Å². The third-order valence-electron chi connectivity index (χ3n) is 2.16. The molecule has 0 heterocycles. The maximum absolute atomic E-state index is 9.65. The van der Waals surface area contributed by atoms with Crippen molar-refractivity contribution in [3.8, 4) is 12.3 Å². The Morgan fingerprint density at radius 1 is 1.23 bits per heavy atom. The summed E-state index contributed by atoms with van der Waals surface area (Å²) in [5.41, 5.74) is 2.86. The molecule has 0 saturated heterocycles. The number of aliphatic hydroxyl groups is 1. The number of terminal acetylenes is 1. The Morgan fingerprint density at radius 2 is 1.85 bits per heavy atom. The SMILES string of the molecule is C#Cc1ccc(C(O)=C2CC2)cc1. The fourth-order valence-corrected chi connectivity index (χ4v) is 1.23. The Kier molecular flexibility index (Phi) is 1.83. The predicted octanol–water partition coefficient (Wildman–Crippen LogP) is 2.73. The molecule has 1 nitrogen and oxygen atoms in total. The molecule has 1 saturated carbocycles. The monoisotopic (exact) mass is 170 g/mol. The first-order chi connectivity index (χ1) is 6.31. The van der Waals surface area contributed by atoms with Crippen LogP contribution >= 0.6 is 0 Å². The fourth-order valence-electron chi connectivity index (χ4n) is 1.23. The lowest BCUT2D eigenvalue weighted by atomic mass is 10.1. The second-order valence-corrected chi connectivity index (χ2v) is 3.17. The van der Waals surface area contributed by atoms with Crippen molar-refractivity contribution in [1.29, 1.82) is 0 Å². The van der Waals surface area contributed by atoms with Crippen molar-refractivity contribution in [2.24, 2.45) is 0 Å². The van der Waals surface area contributed by atoms with Crippen LogP contribution < -0.4 is 0 Å². The highest BCUT2D eigenvalue weighted by Gasteiger charge is 2.17. The van der Waals surface area contributed by atoms with E-state index in [2.05, 4.69) is 5.92 Å². The highest BCUT2D eigenvalue weighted by molar-refractivity contribution is 5.65. The molecule has 2 rings (SSSR count). The van der Waals surface area contributed by atoms with Crippen LogP contribution in [0.4, 0.5) is 0 Å². The second-order valence-electron chi connectivity index (χ2n) is 3.17. The van der Waals surface area contributed by atoms with Gasteiger partial charge in [0.1, 0.15) is 5.76 Å². The molecule has 1 aromatic carbocycles. The van der Waals surface area contributed by atoms with E-state index in [1.807, 2.05) is 24.3 Å². The van der Waals surface area contributed by atoms with Gasteiger partial charge in [-0.3, -0.25) is 0 Å². The summed E-state index contributed by atoms with van der Waals surface area (Å²) in [6.45, 7) is 0. The molecule has 0 aromatic heterocycles. The minimum absolute atomic E-state index is 0.434. The van der Waals surface area contributed by atoms with Gasteiger partial charge >= 0.3 is 0 Å². The molecule has 1 N–H and O–H groups in total. The van der Waals surface area contributed by atoms with Gasteiger partial charge < -0.3 is 5.11 Å². The summed E-state index contributed by atoms with van der Waals surface area (Å²) in [6, 6.07) is 7.40. The van der Waals surface area contributed by atoms with E-state index in [-0.39, 0.29) is 0 Å². The fraction of sp³-hybridized carbons (Fsp3) is 0.167. The van der Waals surface area contributed by atoms with E-state index in [1.165, 1.54) is 0 Å². The molecular formula is C12H10O. The molecule has 0 radical (unpaired) electrons. The van der Waals surface area contributed by atoms with Gasteiger partial charge in [0.2, 0.25) is 0 Å². The molecule has 1 aliphatic carbocycles. The zero-order valence-corrected chi connectivity index (χ0v) is 7.25. The van der Waals surface area contributed by atoms with Crippen molar-refractivity contribution in [3.63, 3.8) is 0 Å². The molecular weight excluding hydrogens is 160 g/mol. The average molecular weight is 170 g/mol. The number of aliphatic hydroxyl groups excluding tert-OH is 1. The molecule has 0 unspecified atom stereocenters. The lowest BCUT2D eigenvalue weighted by Crippen LogP contribution is -1.82. The Bertz CT molecular complexity index is 384. The molecule has 0 aliphatic heterocycles. The summed E-state index contributed by atoms with van der Waals surface area (Å²) in [4.78, 5) is 0. The molecule has 0 bridgehead atoms. The zero-order valence-electron chi connectivity index (χ0n) is 7.25. The van der Waals surface area contributed by atoms with E-state index in [4.69, 9.17) is 6.42 Å². The molecule has 1 fully saturated rings. The number of allylic oxidation sites excluding steroid dienone is 1. The van der Waals surface area contributed by atoms with Gasteiger partial charge in [0.25, 0.3) is 0 Å². The smallest absolute Gasteiger partial charge is 0.122 e. The molecule has 0 atom stereocenters. The Balaban J connectivity index is 2.34. The van der Waals surface area contributed by atoms with Crippen LogP contribution in [0, 0.1) is 12.3 Å². The largest absolute Gasteiger partial charge is 0.507 e. The third kappa shape index (κ3) is 1.57. The minimum Gasteiger partial charge on any atom is -0.507 e. The third-order valence-corrected chi connectivity index (χ3v) is 2.16. The minimum atomic E-state index is 0.434. The van der Waals surface area contributed by atoms with E-state index in [0.717, 1.165) is 29.5 Å². The van der Waals surface area contributed by atoms with Gasteiger partial charge in [-0.2, -0.15) is 0 Å². The Morgan fingerprint density at radius 3 is 2.31 bits per heavy atom. The summed E-state index contributed by atoms with van der Waals surface area (Å²) in [7, 11) is 0. The van der Waals surface area contributed by atoms with E-state index in [0.29, 0.717) is 5.76 Å². The molecule has 0 spiro atoms. The summed E-state index contributed by atoms with van der Waals surface area (Å²) in [5.74, 6) is 2.97. The quantitative estimate of drug-likeness (QED) is 0.507. The zero-order chi connectivity index (χ0) is 9.26. The molecule has 1 heteroatoms. The van der Waals surface area contributed by atoms with E-state index in [9.17, 15) is 5.11 Å². The summed E-state index contributed by atoms with van der Waals surface area (Å²) in [5, 5.41) is 9.65. The van der Waals surface area contributed by atoms with Crippen LogP contribution in [0.2, 0.25) is 0 Å². The standard InChI is InChI=1S/C12H10O/c1-2-9-3-5-10(6-4-9)12(13)11-7-8-11/h1,3-6,13H,7-8H2. The first-order valence-corrected chi connectivity index (χ1v) is 4.29. The van der Waals surface area contributed by atoms with Crippen molar-refractivity contribution >= 4 is 5.76 Å². The van der Waals surface area contributed by atoms with Crippen molar-refractivity contribution < 1.29 is 5.11 Å². The maximum atomic E-state index is 9.65. The molecule has 64 valence electrons. The van der Waals surface area contributed by atoms with Gasteiger partial charge in [0.15, 0.2) is 0 Å². The predicted molar refractivity (Wildman–Crippen MR) is 53.2 cm³/mol. The van der Waals surface area contributed by atoms with Crippen LogP contribution in [0.25, 0.3) is 5.76 Å². The van der Waals surface area contributed by atoms with Crippen molar-refractivity contribution in [1.82, 2.24) is 0 Å². The van der Waals surface area contributed by atoms with Crippen LogP contribution in [0.15, 0.2) is 29.8 Å². The van der Waals surface area contributed by atoms with Crippen molar-refractivity contribution in [2.75, 3.05) is 0 Å². The lowest BCUT2D eigenvalue weighted by Gasteiger charge is -1.99. The van der Waals surface area contributed by atoms with E-state index < -0.39 is 0 Å². The highest BCUT2D eigenvalue weighted by atomic mass is 16.3. The van der Waals surface area contributed by atoms with Crippen LogP contribution in [-0.2, 0) is 0 Å². The average Bonchev–Trinajstić information content (AvgIpc) is 3.00. The first kappa shape index (κ1) is 7.94. The maximum Gasteiger partial charge on any atom is 0.122 e. The normalized spacial score (nSPS) is 13.6. The number of benzene rings is 1.